The summed E-state index contributed by atoms with van der Waals surface area (Å²) in [7, 11) is 0. The molecule has 0 saturated carbocycles. The molecule has 0 radical (unpaired) electrons. The lowest BCUT2D eigenvalue weighted by molar-refractivity contribution is 0.112. The monoisotopic (exact) mass is 237 g/mol. The second kappa shape index (κ2) is 7.92. The Morgan fingerprint density at radius 3 is 2.35 bits per heavy atom. The summed E-state index contributed by atoms with van der Waals surface area (Å²) in [4.78, 5) is 12.9. The van der Waals surface area contributed by atoms with E-state index in [0.717, 1.165) is 44.6 Å². The van der Waals surface area contributed by atoms with E-state index in [9.17, 15) is 4.79 Å². The number of nitrogens with one attached hydrogen (secondary N) is 1. The maximum absolute atomic E-state index is 10.5. The molecule has 0 atom stereocenters. The fraction of sp³-hybridized carbons (Fsp3) is 0.417. The summed E-state index contributed by atoms with van der Waals surface area (Å²) in [5.74, 6) is 3.50. The van der Waals surface area contributed by atoms with Crippen LogP contribution in [0.1, 0.15) is 15.9 Å². The Kier molecular flexibility index (Phi) is 6.42. The average Bonchev–Trinajstić information content (AvgIpc) is 2.43. The molecular weight excluding hydrogens is 218 g/mol. The standard InChI is InChI=1S/C12H16N2O.H3NO/c15-10-12-3-1-11(2-4-12)9-14-7-5-13-6-8-14;1-2/h1-4,10,13H,5-9H2;2H,1H2. The Labute approximate surface area is 101 Å². The van der Waals surface area contributed by atoms with Crippen molar-refractivity contribution >= 4 is 6.29 Å². The lowest BCUT2D eigenvalue weighted by Gasteiger charge is -2.27. The van der Waals surface area contributed by atoms with E-state index in [2.05, 4.69) is 16.1 Å². The van der Waals surface area contributed by atoms with Crippen LogP contribution in [0.2, 0.25) is 0 Å². The van der Waals surface area contributed by atoms with Crippen molar-refractivity contribution in [1.82, 2.24) is 10.2 Å². The van der Waals surface area contributed by atoms with Crippen LogP contribution in [0.25, 0.3) is 0 Å². The zero-order valence-electron chi connectivity index (χ0n) is 9.80. The van der Waals surface area contributed by atoms with Gasteiger partial charge in [-0.25, -0.2) is 5.90 Å². The van der Waals surface area contributed by atoms with Crippen LogP contribution in [-0.4, -0.2) is 42.6 Å². The number of carbonyl (C=O) groups excluding carboxylic acids is 1. The fourth-order valence-corrected chi connectivity index (χ4v) is 1.83. The third-order valence-corrected chi connectivity index (χ3v) is 2.73. The van der Waals surface area contributed by atoms with Crippen molar-refractivity contribution in [2.75, 3.05) is 26.2 Å². The number of nitrogens with zero attached hydrogens (tertiary/aromatic N) is 1. The third kappa shape index (κ3) is 4.62. The smallest absolute Gasteiger partial charge is 0.150 e. The minimum Gasteiger partial charge on any atom is -0.320 e. The number of benzene rings is 1. The molecule has 1 aliphatic heterocycles. The zero-order chi connectivity index (χ0) is 12.5. The molecule has 1 aliphatic rings. The van der Waals surface area contributed by atoms with Crippen LogP contribution in [0, 0.1) is 0 Å². The molecule has 94 valence electrons. The first-order chi connectivity index (χ1) is 8.38. The van der Waals surface area contributed by atoms with Crippen LogP contribution in [0.15, 0.2) is 24.3 Å². The third-order valence-electron chi connectivity index (χ3n) is 2.73. The fourth-order valence-electron chi connectivity index (χ4n) is 1.83. The topological polar surface area (TPSA) is 78.6 Å². The second-order valence-electron chi connectivity index (χ2n) is 3.89. The van der Waals surface area contributed by atoms with Gasteiger partial charge in [0.1, 0.15) is 6.29 Å². The predicted octanol–water partition coefficient (Wildman–Crippen LogP) is 0.239. The van der Waals surface area contributed by atoms with E-state index in [1.807, 2.05) is 24.3 Å². The summed E-state index contributed by atoms with van der Waals surface area (Å²) >= 11 is 0. The number of aldehydes is 1. The van der Waals surface area contributed by atoms with Gasteiger partial charge in [-0.3, -0.25) is 9.69 Å². The van der Waals surface area contributed by atoms with E-state index in [-0.39, 0.29) is 0 Å². The summed E-state index contributed by atoms with van der Waals surface area (Å²) in [6.07, 6.45) is 0.884. The van der Waals surface area contributed by atoms with Gasteiger partial charge in [0.05, 0.1) is 0 Å². The molecule has 0 amide bonds. The summed E-state index contributed by atoms with van der Waals surface area (Å²) < 4.78 is 0. The van der Waals surface area contributed by atoms with Crippen LogP contribution >= 0.6 is 0 Å². The highest BCUT2D eigenvalue weighted by Gasteiger charge is 2.09. The molecule has 17 heavy (non-hydrogen) atoms. The first kappa shape index (κ1) is 13.8. The largest absolute Gasteiger partial charge is 0.320 e. The van der Waals surface area contributed by atoms with Gasteiger partial charge in [-0.15, -0.1) is 0 Å². The van der Waals surface area contributed by atoms with E-state index < -0.39 is 0 Å². The van der Waals surface area contributed by atoms with E-state index in [0.29, 0.717) is 0 Å². The van der Waals surface area contributed by atoms with Gasteiger partial charge >= 0.3 is 0 Å². The molecule has 0 bridgehead atoms. The maximum atomic E-state index is 10.5. The first-order valence-electron chi connectivity index (χ1n) is 5.61. The van der Waals surface area contributed by atoms with Crippen molar-refractivity contribution in [2.45, 2.75) is 6.54 Å². The van der Waals surface area contributed by atoms with Crippen molar-refractivity contribution in [3.63, 3.8) is 0 Å². The van der Waals surface area contributed by atoms with Crippen LogP contribution in [0.3, 0.4) is 0 Å². The summed E-state index contributed by atoms with van der Waals surface area (Å²) in [5.41, 5.74) is 2.03. The van der Waals surface area contributed by atoms with Gasteiger partial charge in [0.15, 0.2) is 0 Å². The van der Waals surface area contributed by atoms with Crippen molar-refractivity contribution in [2.24, 2.45) is 5.90 Å². The van der Waals surface area contributed by atoms with E-state index in [1.165, 1.54) is 5.56 Å². The van der Waals surface area contributed by atoms with Crippen LogP contribution in [0.5, 0.6) is 0 Å². The normalized spacial score (nSPS) is 15.9. The highest BCUT2D eigenvalue weighted by Crippen LogP contribution is 2.06. The lowest BCUT2D eigenvalue weighted by atomic mass is 10.1. The van der Waals surface area contributed by atoms with Crippen LogP contribution in [-0.2, 0) is 6.54 Å². The van der Waals surface area contributed by atoms with Gasteiger partial charge in [0.2, 0.25) is 0 Å². The molecule has 1 saturated heterocycles. The van der Waals surface area contributed by atoms with Gasteiger partial charge < -0.3 is 10.5 Å². The van der Waals surface area contributed by atoms with Gasteiger partial charge in [0, 0.05) is 38.3 Å². The Balaban J connectivity index is 0.000000686. The first-order valence-corrected chi connectivity index (χ1v) is 5.61. The van der Waals surface area contributed by atoms with Crippen LogP contribution < -0.4 is 11.2 Å². The van der Waals surface area contributed by atoms with Crippen molar-refractivity contribution in [1.29, 1.82) is 0 Å². The summed E-state index contributed by atoms with van der Waals surface area (Å²) in [5, 5.41) is 9.83. The molecule has 0 spiro atoms. The molecule has 1 fully saturated rings. The number of rotatable bonds is 3. The molecule has 5 nitrogen and oxygen atoms in total. The molecule has 0 aromatic heterocycles. The van der Waals surface area contributed by atoms with Crippen molar-refractivity contribution in [3.8, 4) is 0 Å². The Hall–Kier alpha value is -1.27. The van der Waals surface area contributed by atoms with Gasteiger partial charge in [0.25, 0.3) is 0 Å². The summed E-state index contributed by atoms with van der Waals surface area (Å²) in [6.45, 7) is 5.35. The Morgan fingerprint density at radius 1 is 1.24 bits per heavy atom. The van der Waals surface area contributed by atoms with Crippen molar-refractivity contribution < 1.29 is 10.0 Å². The number of piperazine rings is 1. The minimum atomic E-state index is 0.749. The predicted molar refractivity (Wildman–Crippen MR) is 66.0 cm³/mol. The molecule has 1 aromatic carbocycles. The van der Waals surface area contributed by atoms with Gasteiger partial charge in [-0.2, -0.15) is 0 Å². The van der Waals surface area contributed by atoms with Gasteiger partial charge in [-0.05, 0) is 5.56 Å². The van der Waals surface area contributed by atoms with Crippen molar-refractivity contribution in [3.05, 3.63) is 35.4 Å². The number of hydrogen-bond acceptors (Lipinski definition) is 5. The molecule has 0 unspecified atom stereocenters. The molecule has 2 rings (SSSR count). The molecule has 4 N–H and O–H groups in total. The zero-order valence-corrected chi connectivity index (χ0v) is 9.80. The number of nitrogens with two attached hydrogens (primary N) is 1. The number of carbonyl (C=O) groups is 1. The van der Waals surface area contributed by atoms with Crippen LogP contribution in [0.4, 0.5) is 0 Å². The highest BCUT2D eigenvalue weighted by atomic mass is 16.4. The molecule has 1 heterocycles. The van der Waals surface area contributed by atoms with E-state index in [4.69, 9.17) is 5.21 Å². The average molecular weight is 237 g/mol. The Bertz CT molecular complexity index is 321. The van der Waals surface area contributed by atoms with Gasteiger partial charge in [-0.1, -0.05) is 24.3 Å². The molecule has 5 heteroatoms. The quantitative estimate of drug-likeness (QED) is 0.518. The van der Waals surface area contributed by atoms with E-state index >= 15 is 0 Å². The number of hydrogen-bond donors (Lipinski definition) is 3. The molecule has 1 aromatic rings. The SMILES string of the molecule is NO.O=Cc1ccc(CN2CCNCC2)cc1. The molecular formula is C12H19N3O2. The Morgan fingerprint density at radius 2 is 1.82 bits per heavy atom. The minimum absolute atomic E-state index is 0.749. The second-order valence-corrected chi connectivity index (χ2v) is 3.89. The molecule has 0 aliphatic carbocycles. The highest BCUT2D eigenvalue weighted by molar-refractivity contribution is 5.74. The van der Waals surface area contributed by atoms with E-state index in [1.54, 1.807) is 0 Å². The summed E-state index contributed by atoms with van der Waals surface area (Å²) in [6, 6.07) is 7.83. The lowest BCUT2D eigenvalue weighted by Crippen LogP contribution is -2.42. The maximum Gasteiger partial charge on any atom is 0.150 e.